The molecule has 4 rings (SSSR count). The average molecular weight is 430 g/mol. The molecule has 0 saturated heterocycles. The zero-order chi connectivity index (χ0) is 21.8. The predicted octanol–water partition coefficient (Wildman–Crippen LogP) is 4.78. The zero-order valence-corrected chi connectivity index (χ0v) is 18.6. The SMILES string of the molecule is CC[SH+]c1ccc(CC(=O)Nc2ccc(C3(C)Cc4cc(ccc4C#N)O3)cc2)cc1. The number of fused-ring (bicyclic) bond motifs is 2. The van der Waals surface area contributed by atoms with Gasteiger partial charge in [-0.05, 0) is 73.0 Å². The van der Waals surface area contributed by atoms with Crippen LogP contribution in [0.15, 0.2) is 71.6 Å². The molecule has 31 heavy (non-hydrogen) atoms. The molecule has 1 unspecified atom stereocenters. The third-order valence-electron chi connectivity index (χ3n) is 5.49. The minimum atomic E-state index is -0.547. The highest BCUT2D eigenvalue weighted by atomic mass is 32.2. The average Bonchev–Trinajstić information content (AvgIpc) is 2.76. The minimum Gasteiger partial charge on any atom is -0.483 e. The van der Waals surface area contributed by atoms with Crippen molar-refractivity contribution in [2.45, 2.75) is 37.2 Å². The van der Waals surface area contributed by atoms with E-state index in [0.29, 0.717) is 18.4 Å². The molecule has 1 aliphatic rings. The fourth-order valence-corrected chi connectivity index (χ4v) is 4.63. The summed E-state index contributed by atoms with van der Waals surface area (Å²) in [4.78, 5) is 13.7. The molecule has 1 atom stereocenters. The number of rotatable bonds is 6. The van der Waals surface area contributed by atoms with Crippen LogP contribution < -0.4 is 10.1 Å². The molecule has 0 aliphatic carbocycles. The van der Waals surface area contributed by atoms with Crippen LogP contribution >= 0.6 is 0 Å². The van der Waals surface area contributed by atoms with Crippen molar-refractivity contribution >= 4 is 23.4 Å². The van der Waals surface area contributed by atoms with Crippen molar-refractivity contribution in [3.05, 3.63) is 89.0 Å². The molecule has 0 spiro atoms. The molecule has 1 N–H and O–H groups in total. The number of ether oxygens (including phenoxy) is 1. The van der Waals surface area contributed by atoms with Gasteiger partial charge in [-0.1, -0.05) is 24.3 Å². The number of thiol groups is 1. The second-order valence-corrected chi connectivity index (χ2v) is 9.35. The first kappa shape index (κ1) is 21.0. The van der Waals surface area contributed by atoms with Crippen molar-refractivity contribution in [3.8, 4) is 11.8 Å². The molecule has 1 amide bonds. The molecule has 3 aromatic carbocycles. The number of carbonyl (C=O) groups is 1. The quantitative estimate of drug-likeness (QED) is 0.453. The lowest BCUT2D eigenvalue weighted by atomic mass is 9.85. The van der Waals surface area contributed by atoms with Crippen molar-refractivity contribution in [2.75, 3.05) is 11.1 Å². The standard InChI is InChI=1S/C26H24N2O2S/c1-3-31-24-12-4-18(5-13-24)14-25(29)28-22-9-7-21(8-10-22)26(2)16-20-15-23(30-26)11-6-19(20)17-27/h4-13,15H,3,14,16H2,1-2H3,(H,28,29)/p+1. The van der Waals surface area contributed by atoms with Crippen LogP contribution in [0.3, 0.4) is 0 Å². The number of hydrogen-bond donors (Lipinski definition) is 1. The maximum Gasteiger partial charge on any atom is 0.228 e. The fourth-order valence-electron chi connectivity index (χ4n) is 3.91. The molecule has 0 aromatic heterocycles. The summed E-state index contributed by atoms with van der Waals surface area (Å²) in [6.07, 6.45) is 0.973. The van der Waals surface area contributed by atoms with Crippen LogP contribution in [0.25, 0.3) is 0 Å². The summed E-state index contributed by atoms with van der Waals surface area (Å²) in [5.74, 6) is 1.82. The highest BCUT2D eigenvalue weighted by Crippen LogP contribution is 2.38. The van der Waals surface area contributed by atoms with E-state index in [-0.39, 0.29) is 5.91 Å². The Morgan fingerprint density at radius 1 is 1.13 bits per heavy atom. The largest absolute Gasteiger partial charge is 0.483 e. The Balaban J connectivity index is 1.41. The Kier molecular flexibility index (Phi) is 6.01. The van der Waals surface area contributed by atoms with Crippen molar-refractivity contribution in [1.29, 1.82) is 5.26 Å². The first-order valence-corrected chi connectivity index (χ1v) is 11.5. The van der Waals surface area contributed by atoms with Crippen LogP contribution in [-0.4, -0.2) is 11.7 Å². The van der Waals surface area contributed by atoms with Crippen LogP contribution in [-0.2, 0) is 35.0 Å². The monoisotopic (exact) mass is 429 g/mol. The molecule has 0 fully saturated rings. The lowest BCUT2D eigenvalue weighted by Gasteiger charge is -2.35. The maximum absolute atomic E-state index is 12.5. The van der Waals surface area contributed by atoms with E-state index in [1.807, 2.05) is 55.5 Å². The molecule has 1 aliphatic heterocycles. The predicted molar refractivity (Wildman–Crippen MR) is 126 cm³/mol. The Hall–Kier alpha value is -3.23. The molecule has 0 radical (unpaired) electrons. The van der Waals surface area contributed by atoms with Crippen LogP contribution in [0, 0.1) is 11.3 Å². The maximum atomic E-state index is 12.5. The molecular weight excluding hydrogens is 404 g/mol. The van der Waals surface area contributed by atoms with Gasteiger partial charge in [0.1, 0.15) is 17.1 Å². The van der Waals surface area contributed by atoms with Gasteiger partial charge < -0.3 is 10.1 Å². The lowest BCUT2D eigenvalue weighted by Crippen LogP contribution is -2.35. The van der Waals surface area contributed by atoms with Gasteiger partial charge in [-0.15, -0.1) is 0 Å². The Bertz CT molecular complexity index is 1130. The van der Waals surface area contributed by atoms with Gasteiger partial charge in [-0.25, -0.2) is 0 Å². The highest BCUT2D eigenvalue weighted by molar-refractivity contribution is 7.78. The summed E-state index contributed by atoms with van der Waals surface area (Å²) in [6, 6.07) is 23.8. The summed E-state index contributed by atoms with van der Waals surface area (Å²) in [5.41, 5.74) is 3.90. The van der Waals surface area contributed by atoms with Crippen LogP contribution in [0.1, 0.15) is 36.1 Å². The Morgan fingerprint density at radius 2 is 1.87 bits per heavy atom. The summed E-state index contributed by atoms with van der Waals surface area (Å²) in [6.45, 7) is 4.18. The Labute approximate surface area is 187 Å². The van der Waals surface area contributed by atoms with E-state index in [4.69, 9.17) is 4.74 Å². The number of anilines is 1. The number of nitrogens with zero attached hydrogens (tertiary/aromatic N) is 1. The van der Waals surface area contributed by atoms with E-state index in [2.05, 4.69) is 30.4 Å². The summed E-state index contributed by atoms with van der Waals surface area (Å²) >= 11 is 1.30. The number of nitriles is 1. The second-order valence-electron chi connectivity index (χ2n) is 7.88. The first-order chi connectivity index (χ1) is 15.0. The van der Waals surface area contributed by atoms with E-state index in [0.717, 1.165) is 33.9 Å². The summed E-state index contributed by atoms with van der Waals surface area (Å²) in [7, 11) is 0. The lowest BCUT2D eigenvalue weighted by molar-refractivity contribution is -0.115. The third-order valence-corrected chi connectivity index (χ3v) is 6.47. The minimum absolute atomic E-state index is 0.0395. The van der Waals surface area contributed by atoms with Gasteiger partial charge in [0.15, 0.2) is 4.90 Å². The van der Waals surface area contributed by atoms with E-state index in [1.165, 1.54) is 16.7 Å². The first-order valence-electron chi connectivity index (χ1n) is 10.4. The molecule has 0 saturated carbocycles. The Morgan fingerprint density at radius 3 is 2.55 bits per heavy atom. The number of hydrogen-bond acceptors (Lipinski definition) is 3. The molecular formula is C26H25N2O2S+. The van der Waals surface area contributed by atoms with Crippen molar-refractivity contribution in [2.24, 2.45) is 0 Å². The van der Waals surface area contributed by atoms with Gasteiger partial charge in [-0.2, -0.15) is 5.26 Å². The zero-order valence-electron chi connectivity index (χ0n) is 17.7. The van der Waals surface area contributed by atoms with Crippen molar-refractivity contribution in [3.63, 3.8) is 0 Å². The van der Waals surface area contributed by atoms with Crippen LogP contribution in [0.5, 0.6) is 5.75 Å². The van der Waals surface area contributed by atoms with E-state index in [9.17, 15) is 10.1 Å². The number of benzene rings is 3. The molecule has 2 bridgehead atoms. The van der Waals surface area contributed by atoms with Gasteiger partial charge >= 0.3 is 0 Å². The highest BCUT2D eigenvalue weighted by Gasteiger charge is 2.34. The summed E-state index contributed by atoms with van der Waals surface area (Å²) < 4.78 is 6.19. The molecule has 156 valence electrons. The normalized spacial score (nSPS) is 16.8. The van der Waals surface area contributed by atoms with E-state index < -0.39 is 5.60 Å². The molecule has 4 nitrogen and oxygen atoms in total. The van der Waals surface area contributed by atoms with Gasteiger partial charge in [0.2, 0.25) is 5.91 Å². The number of nitrogens with one attached hydrogen (secondary N) is 1. The fraction of sp³-hybridized carbons (Fsp3) is 0.231. The van der Waals surface area contributed by atoms with E-state index >= 15 is 0 Å². The van der Waals surface area contributed by atoms with Crippen LogP contribution in [0.2, 0.25) is 0 Å². The second kappa shape index (κ2) is 8.87. The number of amides is 1. The third kappa shape index (κ3) is 4.76. The number of carbonyl (C=O) groups excluding carboxylic acids is 1. The van der Waals surface area contributed by atoms with Crippen LogP contribution in [0.4, 0.5) is 5.69 Å². The molecule has 3 aromatic rings. The van der Waals surface area contributed by atoms with Gasteiger partial charge in [-0.3, -0.25) is 4.79 Å². The van der Waals surface area contributed by atoms with Crippen molar-refractivity contribution in [1.82, 2.24) is 0 Å². The van der Waals surface area contributed by atoms with Gasteiger partial charge in [0, 0.05) is 23.9 Å². The van der Waals surface area contributed by atoms with Gasteiger partial charge in [0.25, 0.3) is 0 Å². The molecule has 5 heteroatoms. The smallest absolute Gasteiger partial charge is 0.228 e. The van der Waals surface area contributed by atoms with E-state index in [1.54, 1.807) is 6.07 Å². The topological polar surface area (TPSA) is 62.1 Å². The summed E-state index contributed by atoms with van der Waals surface area (Å²) in [5, 5.41) is 12.3. The van der Waals surface area contributed by atoms with Crippen molar-refractivity contribution < 1.29 is 9.53 Å². The molecule has 1 heterocycles. The van der Waals surface area contributed by atoms with Gasteiger partial charge in [0.05, 0.1) is 18.1 Å².